The molecule has 0 bridgehead atoms. The number of carbonyl (C=O) groups is 2. The van der Waals surface area contributed by atoms with Gasteiger partial charge in [0.25, 0.3) is 0 Å². The number of Topliss-reactive ketones (excluding diaryl/α,β-unsaturated/α-hetero) is 1. The molecule has 0 saturated heterocycles. The molecule has 0 aromatic heterocycles. The molecule has 4 aliphatic carbocycles. The predicted octanol–water partition coefficient (Wildman–Crippen LogP) is 5.17. The minimum Gasteiger partial charge on any atom is -0.481 e. The van der Waals surface area contributed by atoms with Crippen LogP contribution in [0.4, 0.5) is 0 Å². The standard InChI is InChI=1S/C23H32O3/c1-14(24)18-6-7-19-17-5-4-16-12-15(13-21(25)26)8-10-22(16,2)20(17)9-11-23(18,19)3/h4,6,15,17,19-20H,5,7-13H2,1-3H3,(H,25,26). The Hall–Kier alpha value is -1.38. The van der Waals surface area contributed by atoms with Crippen LogP contribution in [-0.4, -0.2) is 16.9 Å². The number of ketones is 1. The van der Waals surface area contributed by atoms with Gasteiger partial charge in [0, 0.05) is 6.42 Å². The molecule has 0 spiro atoms. The Balaban J connectivity index is 1.59. The summed E-state index contributed by atoms with van der Waals surface area (Å²) < 4.78 is 0. The van der Waals surface area contributed by atoms with E-state index in [0.29, 0.717) is 30.1 Å². The summed E-state index contributed by atoms with van der Waals surface area (Å²) >= 11 is 0. The number of carboxylic acids is 1. The van der Waals surface area contributed by atoms with Gasteiger partial charge in [0.2, 0.25) is 0 Å². The Morgan fingerprint density at radius 2 is 1.81 bits per heavy atom. The molecule has 0 radical (unpaired) electrons. The second kappa shape index (κ2) is 6.07. The topological polar surface area (TPSA) is 54.4 Å². The molecule has 3 nitrogen and oxygen atoms in total. The van der Waals surface area contributed by atoms with E-state index in [0.717, 1.165) is 44.1 Å². The second-order valence-corrected chi connectivity index (χ2v) is 9.83. The zero-order chi connectivity index (χ0) is 18.7. The summed E-state index contributed by atoms with van der Waals surface area (Å²) in [6.07, 6.45) is 12.7. The minimum absolute atomic E-state index is 0.0786. The smallest absolute Gasteiger partial charge is 0.303 e. The van der Waals surface area contributed by atoms with Crippen molar-refractivity contribution in [2.75, 3.05) is 0 Å². The van der Waals surface area contributed by atoms with Crippen molar-refractivity contribution in [1.29, 1.82) is 0 Å². The lowest BCUT2D eigenvalue weighted by atomic mass is 9.47. The maximum Gasteiger partial charge on any atom is 0.303 e. The monoisotopic (exact) mass is 356 g/mol. The fourth-order valence-corrected chi connectivity index (χ4v) is 7.27. The first-order valence-corrected chi connectivity index (χ1v) is 10.4. The molecule has 142 valence electrons. The average Bonchev–Trinajstić information content (AvgIpc) is 2.92. The molecule has 3 heteroatoms. The fraction of sp³-hybridized carbons (Fsp3) is 0.739. The van der Waals surface area contributed by atoms with Crippen LogP contribution in [0.15, 0.2) is 23.3 Å². The van der Waals surface area contributed by atoms with Crippen LogP contribution in [0.5, 0.6) is 0 Å². The number of fused-ring (bicyclic) bond motifs is 5. The summed E-state index contributed by atoms with van der Waals surface area (Å²) in [5.74, 6) is 1.90. The van der Waals surface area contributed by atoms with Gasteiger partial charge in [-0.2, -0.15) is 0 Å². The Morgan fingerprint density at radius 3 is 2.50 bits per heavy atom. The molecule has 6 atom stereocenters. The molecule has 0 amide bonds. The number of rotatable bonds is 3. The summed E-state index contributed by atoms with van der Waals surface area (Å²) in [6.45, 7) is 6.51. The quantitative estimate of drug-likeness (QED) is 0.710. The fourth-order valence-electron chi connectivity index (χ4n) is 7.27. The Bertz CT molecular complexity index is 702. The third kappa shape index (κ3) is 2.53. The van der Waals surface area contributed by atoms with Gasteiger partial charge in [0.15, 0.2) is 5.78 Å². The van der Waals surface area contributed by atoms with Crippen molar-refractivity contribution < 1.29 is 14.7 Å². The molecular formula is C23H32O3. The van der Waals surface area contributed by atoms with Crippen molar-refractivity contribution >= 4 is 11.8 Å². The minimum atomic E-state index is -0.657. The van der Waals surface area contributed by atoms with E-state index >= 15 is 0 Å². The molecule has 2 saturated carbocycles. The maximum absolute atomic E-state index is 12.2. The summed E-state index contributed by atoms with van der Waals surface area (Å²) in [7, 11) is 0. The zero-order valence-electron chi connectivity index (χ0n) is 16.4. The first-order chi connectivity index (χ1) is 12.3. The predicted molar refractivity (Wildman–Crippen MR) is 102 cm³/mol. The van der Waals surface area contributed by atoms with Gasteiger partial charge in [-0.25, -0.2) is 0 Å². The van der Waals surface area contributed by atoms with E-state index in [1.54, 1.807) is 6.92 Å². The largest absolute Gasteiger partial charge is 0.481 e. The van der Waals surface area contributed by atoms with E-state index in [2.05, 4.69) is 26.0 Å². The van der Waals surface area contributed by atoms with Crippen molar-refractivity contribution in [1.82, 2.24) is 0 Å². The highest BCUT2D eigenvalue weighted by molar-refractivity contribution is 5.95. The Morgan fingerprint density at radius 1 is 1.08 bits per heavy atom. The van der Waals surface area contributed by atoms with E-state index in [1.807, 2.05) is 0 Å². The van der Waals surface area contributed by atoms with Gasteiger partial charge in [0.1, 0.15) is 0 Å². The summed E-state index contributed by atoms with van der Waals surface area (Å²) in [5, 5.41) is 9.16. The van der Waals surface area contributed by atoms with E-state index in [-0.39, 0.29) is 16.6 Å². The van der Waals surface area contributed by atoms with Crippen LogP contribution in [0.1, 0.15) is 72.1 Å². The van der Waals surface area contributed by atoms with Gasteiger partial charge >= 0.3 is 5.97 Å². The lowest BCUT2D eigenvalue weighted by Crippen LogP contribution is -2.50. The van der Waals surface area contributed by atoms with E-state index < -0.39 is 5.97 Å². The van der Waals surface area contributed by atoms with Crippen LogP contribution >= 0.6 is 0 Å². The number of carboxylic acid groups (broad SMARTS) is 1. The van der Waals surface area contributed by atoms with Crippen LogP contribution in [0.25, 0.3) is 0 Å². The molecule has 0 aromatic rings. The normalized spacial score (nSPS) is 44.3. The van der Waals surface area contributed by atoms with Crippen LogP contribution in [-0.2, 0) is 9.59 Å². The number of hydrogen-bond acceptors (Lipinski definition) is 2. The van der Waals surface area contributed by atoms with Crippen LogP contribution < -0.4 is 0 Å². The van der Waals surface area contributed by atoms with E-state index in [9.17, 15) is 9.59 Å². The molecule has 26 heavy (non-hydrogen) atoms. The molecule has 0 heterocycles. The second-order valence-electron chi connectivity index (χ2n) is 9.83. The van der Waals surface area contributed by atoms with Gasteiger partial charge < -0.3 is 5.11 Å². The summed E-state index contributed by atoms with van der Waals surface area (Å²) in [5.41, 5.74) is 2.96. The molecule has 2 fully saturated rings. The third-order valence-corrected chi connectivity index (χ3v) is 8.63. The highest BCUT2D eigenvalue weighted by Gasteiger charge is 2.57. The van der Waals surface area contributed by atoms with Crippen LogP contribution in [0.2, 0.25) is 0 Å². The molecule has 6 unspecified atom stereocenters. The first kappa shape index (κ1) is 18.0. The first-order valence-electron chi connectivity index (χ1n) is 10.4. The van der Waals surface area contributed by atoms with E-state index in [1.165, 1.54) is 12.0 Å². The van der Waals surface area contributed by atoms with Gasteiger partial charge in [0.05, 0.1) is 0 Å². The Kier molecular flexibility index (Phi) is 4.20. The van der Waals surface area contributed by atoms with Crippen LogP contribution in [0.3, 0.4) is 0 Å². The number of allylic oxidation sites excluding steroid dienone is 4. The molecule has 0 aliphatic heterocycles. The third-order valence-electron chi connectivity index (χ3n) is 8.63. The zero-order valence-corrected chi connectivity index (χ0v) is 16.4. The molecular weight excluding hydrogens is 324 g/mol. The van der Waals surface area contributed by atoms with Gasteiger partial charge in [-0.15, -0.1) is 0 Å². The molecule has 1 N–H and O–H groups in total. The van der Waals surface area contributed by atoms with Gasteiger partial charge in [-0.1, -0.05) is 31.6 Å². The highest BCUT2D eigenvalue weighted by Crippen LogP contribution is 2.65. The van der Waals surface area contributed by atoms with Gasteiger partial charge in [-0.3, -0.25) is 9.59 Å². The van der Waals surface area contributed by atoms with Crippen molar-refractivity contribution in [3.8, 4) is 0 Å². The summed E-state index contributed by atoms with van der Waals surface area (Å²) in [4.78, 5) is 23.3. The molecule has 4 rings (SSSR count). The Labute approximate surface area is 156 Å². The number of carbonyl (C=O) groups excluding carboxylic acids is 1. The van der Waals surface area contributed by atoms with Crippen molar-refractivity contribution in [2.24, 2.45) is 34.5 Å². The van der Waals surface area contributed by atoms with Gasteiger partial charge in [-0.05, 0) is 91.9 Å². The maximum atomic E-state index is 12.2. The average molecular weight is 357 g/mol. The van der Waals surface area contributed by atoms with E-state index in [4.69, 9.17) is 5.11 Å². The number of hydrogen-bond donors (Lipinski definition) is 1. The number of aliphatic carboxylic acids is 1. The van der Waals surface area contributed by atoms with Crippen molar-refractivity contribution in [2.45, 2.75) is 72.1 Å². The SMILES string of the molecule is CC(=O)C1=CCC2C3CC=C4CC(CC(=O)O)CCC4(C)C3CCC12C. The van der Waals surface area contributed by atoms with Crippen LogP contribution in [0, 0.1) is 34.5 Å². The molecule has 0 aromatic carbocycles. The van der Waals surface area contributed by atoms with Crippen molar-refractivity contribution in [3.05, 3.63) is 23.3 Å². The lowest BCUT2D eigenvalue weighted by molar-refractivity contribution is -0.138. The van der Waals surface area contributed by atoms with Crippen molar-refractivity contribution in [3.63, 3.8) is 0 Å². The highest BCUT2D eigenvalue weighted by atomic mass is 16.4. The summed E-state index contributed by atoms with van der Waals surface area (Å²) in [6, 6.07) is 0. The molecule has 4 aliphatic rings. The lowest BCUT2D eigenvalue weighted by Gasteiger charge is -2.57.